The molecule has 0 spiro atoms. The van der Waals surface area contributed by atoms with E-state index in [0.717, 1.165) is 13.0 Å². The lowest BCUT2D eigenvalue weighted by molar-refractivity contribution is 0.0459. The molecule has 2 unspecified atom stereocenters. The standard InChI is InChI=1S/C9H16O2/c1-8(10)5-6-9-4-2-3-7-11-9/h5-6,8-10H,2-4,7H2,1H3/b6-5+. The fourth-order valence-electron chi connectivity index (χ4n) is 1.20. The molecule has 1 N–H and O–H groups in total. The van der Waals surface area contributed by atoms with Crippen molar-refractivity contribution < 1.29 is 9.84 Å². The van der Waals surface area contributed by atoms with Crippen LogP contribution in [0.15, 0.2) is 12.2 Å². The molecular weight excluding hydrogens is 140 g/mol. The first kappa shape index (κ1) is 8.75. The highest BCUT2D eigenvalue weighted by atomic mass is 16.5. The Morgan fingerprint density at radius 1 is 1.55 bits per heavy atom. The van der Waals surface area contributed by atoms with Crippen LogP contribution >= 0.6 is 0 Å². The van der Waals surface area contributed by atoms with E-state index >= 15 is 0 Å². The predicted molar refractivity (Wildman–Crippen MR) is 44.4 cm³/mol. The maximum absolute atomic E-state index is 8.94. The molecule has 1 aliphatic heterocycles. The van der Waals surface area contributed by atoms with Crippen LogP contribution in [-0.4, -0.2) is 23.9 Å². The zero-order chi connectivity index (χ0) is 8.10. The van der Waals surface area contributed by atoms with Crippen LogP contribution in [0.25, 0.3) is 0 Å². The summed E-state index contributed by atoms with van der Waals surface area (Å²) in [6.45, 7) is 2.62. The van der Waals surface area contributed by atoms with E-state index in [1.54, 1.807) is 13.0 Å². The summed E-state index contributed by atoms with van der Waals surface area (Å²) in [6, 6.07) is 0. The largest absolute Gasteiger partial charge is 0.389 e. The third kappa shape index (κ3) is 3.54. The highest BCUT2D eigenvalue weighted by molar-refractivity contribution is 4.93. The molecule has 0 amide bonds. The zero-order valence-electron chi connectivity index (χ0n) is 6.99. The molecule has 64 valence electrons. The van der Waals surface area contributed by atoms with E-state index in [4.69, 9.17) is 9.84 Å². The number of hydrogen-bond acceptors (Lipinski definition) is 2. The van der Waals surface area contributed by atoms with E-state index < -0.39 is 0 Å². The average Bonchev–Trinajstić information content (AvgIpc) is 2.03. The van der Waals surface area contributed by atoms with E-state index in [-0.39, 0.29) is 12.2 Å². The molecule has 0 radical (unpaired) electrons. The van der Waals surface area contributed by atoms with Crippen LogP contribution in [0, 0.1) is 0 Å². The van der Waals surface area contributed by atoms with Crippen LogP contribution in [0.2, 0.25) is 0 Å². The minimum Gasteiger partial charge on any atom is -0.389 e. The lowest BCUT2D eigenvalue weighted by Crippen LogP contribution is -2.16. The van der Waals surface area contributed by atoms with Crippen molar-refractivity contribution in [2.75, 3.05) is 6.61 Å². The van der Waals surface area contributed by atoms with Gasteiger partial charge in [0.15, 0.2) is 0 Å². The Balaban J connectivity index is 2.23. The summed E-state index contributed by atoms with van der Waals surface area (Å²) in [7, 11) is 0. The van der Waals surface area contributed by atoms with Gasteiger partial charge in [-0.1, -0.05) is 12.2 Å². The third-order valence-corrected chi connectivity index (χ3v) is 1.82. The molecule has 1 saturated heterocycles. The van der Waals surface area contributed by atoms with Gasteiger partial charge in [0.05, 0.1) is 12.2 Å². The van der Waals surface area contributed by atoms with E-state index in [9.17, 15) is 0 Å². The summed E-state index contributed by atoms with van der Waals surface area (Å²) in [5.41, 5.74) is 0. The molecule has 11 heavy (non-hydrogen) atoms. The first-order valence-corrected chi connectivity index (χ1v) is 4.27. The Morgan fingerprint density at radius 3 is 2.91 bits per heavy atom. The highest BCUT2D eigenvalue weighted by Crippen LogP contribution is 2.13. The SMILES string of the molecule is CC(O)/C=C/C1CCCCO1. The molecule has 1 rings (SSSR count). The molecule has 2 atom stereocenters. The molecule has 1 heterocycles. The normalized spacial score (nSPS) is 29.1. The van der Waals surface area contributed by atoms with Crippen molar-refractivity contribution in [2.45, 2.75) is 38.4 Å². The van der Waals surface area contributed by atoms with Crippen molar-refractivity contribution in [3.8, 4) is 0 Å². The number of rotatable bonds is 2. The van der Waals surface area contributed by atoms with Crippen LogP contribution in [0.4, 0.5) is 0 Å². The molecular formula is C9H16O2. The quantitative estimate of drug-likeness (QED) is 0.614. The number of aliphatic hydroxyl groups excluding tert-OH is 1. The third-order valence-electron chi connectivity index (χ3n) is 1.82. The maximum atomic E-state index is 8.94. The first-order valence-electron chi connectivity index (χ1n) is 4.27. The lowest BCUT2D eigenvalue weighted by Gasteiger charge is -2.19. The minimum atomic E-state index is -0.347. The molecule has 2 heteroatoms. The van der Waals surface area contributed by atoms with Gasteiger partial charge in [0.1, 0.15) is 0 Å². The minimum absolute atomic E-state index is 0.248. The Bertz CT molecular complexity index is 124. The van der Waals surface area contributed by atoms with Crippen LogP contribution in [0.1, 0.15) is 26.2 Å². The van der Waals surface area contributed by atoms with Gasteiger partial charge in [-0.25, -0.2) is 0 Å². The van der Waals surface area contributed by atoms with Crippen molar-refractivity contribution in [1.82, 2.24) is 0 Å². The fraction of sp³-hybridized carbons (Fsp3) is 0.778. The summed E-state index contributed by atoms with van der Waals surface area (Å²) < 4.78 is 5.43. The van der Waals surface area contributed by atoms with Gasteiger partial charge in [-0.15, -0.1) is 0 Å². The molecule has 2 nitrogen and oxygen atoms in total. The molecule has 1 aliphatic rings. The summed E-state index contributed by atoms with van der Waals surface area (Å²) in [4.78, 5) is 0. The number of ether oxygens (including phenoxy) is 1. The number of hydrogen-bond donors (Lipinski definition) is 1. The van der Waals surface area contributed by atoms with Gasteiger partial charge in [0, 0.05) is 6.61 Å². The molecule has 0 bridgehead atoms. The van der Waals surface area contributed by atoms with Gasteiger partial charge in [-0.05, 0) is 26.2 Å². The number of aliphatic hydroxyl groups is 1. The zero-order valence-corrected chi connectivity index (χ0v) is 6.99. The Labute approximate surface area is 67.9 Å². The Kier molecular flexibility index (Phi) is 3.60. The summed E-state index contributed by atoms with van der Waals surface area (Å²) in [5.74, 6) is 0. The van der Waals surface area contributed by atoms with Crippen LogP contribution in [0.5, 0.6) is 0 Å². The maximum Gasteiger partial charge on any atom is 0.0756 e. The molecule has 0 aliphatic carbocycles. The molecule has 0 saturated carbocycles. The average molecular weight is 156 g/mol. The second-order valence-corrected chi connectivity index (χ2v) is 3.03. The fourth-order valence-corrected chi connectivity index (χ4v) is 1.20. The van der Waals surface area contributed by atoms with Crippen LogP contribution in [-0.2, 0) is 4.74 Å². The van der Waals surface area contributed by atoms with Crippen LogP contribution in [0.3, 0.4) is 0 Å². The summed E-state index contributed by atoms with van der Waals surface area (Å²) in [6.07, 6.45) is 7.18. The van der Waals surface area contributed by atoms with Gasteiger partial charge >= 0.3 is 0 Å². The second kappa shape index (κ2) is 4.52. The Morgan fingerprint density at radius 2 is 2.36 bits per heavy atom. The van der Waals surface area contributed by atoms with E-state index in [1.165, 1.54) is 12.8 Å². The first-order chi connectivity index (χ1) is 5.29. The van der Waals surface area contributed by atoms with E-state index in [0.29, 0.717) is 0 Å². The lowest BCUT2D eigenvalue weighted by atomic mass is 10.1. The van der Waals surface area contributed by atoms with Crippen LogP contribution < -0.4 is 0 Å². The summed E-state index contributed by atoms with van der Waals surface area (Å²) in [5, 5.41) is 8.94. The van der Waals surface area contributed by atoms with Crippen molar-refractivity contribution in [3.05, 3.63) is 12.2 Å². The van der Waals surface area contributed by atoms with Crippen molar-refractivity contribution in [2.24, 2.45) is 0 Å². The second-order valence-electron chi connectivity index (χ2n) is 3.03. The van der Waals surface area contributed by atoms with E-state index in [1.807, 2.05) is 6.08 Å². The predicted octanol–water partition coefficient (Wildman–Crippen LogP) is 1.49. The Hall–Kier alpha value is -0.340. The van der Waals surface area contributed by atoms with Gasteiger partial charge in [0.25, 0.3) is 0 Å². The van der Waals surface area contributed by atoms with Gasteiger partial charge in [0.2, 0.25) is 0 Å². The monoisotopic (exact) mass is 156 g/mol. The van der Waals surface area contributed by atoms with Crippen molar-refractivity contribution in [3.63, 3.8) is 0 Å². The van der Waals surface area contributed by atoms with E-state index in [2.05, 4.69) is 0 Å². The molecule has 0 aromatic rings. The molecule has 0 aromatic carbocycles. The highest BCUT2D eigenvalue weighted by Gasteiger charge is 2.09. The molecule has 0 aromatic heterocycles. The molecule has 1 fully saturated rings. The van der Waals surface area contributed by atoms with Crippen molar-refractivity contribution >= 4 is 0 Å². The van der Waals surface area contributed by atoms with Gasteiger partial charge < -0.3 is 9.84 Å². The van der Waals surface area contributed by atoms with Gasteiger partial charge in [-0.2, -0.15) is 0 Å². The smallest absolute Gasteiger partial charge is 0.0756 e. The van der Waals surface area contributed by atoms with Gasteiger partial charge in [-0.3, -0.25) is 0 Å². The topological polar surface area (TPSA) is 29.5 Å². The van der Waals surface area contributed by atoms with Crippen molar-refractivity contribution in [1.29, 1.82) is 0 Å². The summed E-state index contributed by atoms with van der Waals surface area (Å²) >= 11 is 0.